The minimum Gasteiger partial charge on any atom is -0.347 e. The first-order valence-corrected chi connectivity index (χ1v) is 5.50. The molecule has 0 aromatic heterocycles. The number of nitrogens with one attached hydrogen (secondary N) is 1. The third-order valence-corrected chi connectivity index (χ3v) is 2.77. The van der Waals surface area contributed by atoms with Crippen LogP contribution in [0.2, 0.25) is 0 Å². The van der Waals surface area contributed by atoms with Crippen LogP contribution in [0.25, 0.3) is 0 Å². The highest BCUT2D eigenvalue weighted by Crippen LogP contribution is 2.15. The van der Waals surface area contributed by atoms with Crippen molar-refractivity contribution in [1.82, 2.24) is 10.2 Å². The molecule has 0 heterocycles. The Kier molecular flexibility index (Phi) is 4.49. The number of hydrogen-bond acceptors (Lipinski definition) is 3. The van der Waals surface area contributed by atoms with Crippen LogP contribution in [0.3, 0.4) is 0 Å². The summed E-state index contributed by atoms with van der Waals surface area (Å²) in [6.45, 7) is 2.59. The topological polar surface area (TPSA) is 75.4 Å². The van der Waals surface area contributed by atoms with Crippen LogP contribution < -0.4 is 11.1 Å². The molecular weight excluding hydrogens is 206 g/mol. The van der Waals surface area contributed by atoms with E-state index in [2.05, 4.69) is 5.32 Å². The largest absolute Gasteiger partial charge is 0.347 e. The normalized spacial score (nSPS) is 23.2. The molecule has 2 atom stereocenters. The fourth-order valence-corrected chi connectivity index (χ4v) is 1.53. The van der Waals surface area contributed by atoms with Gasteiger partial charge in [-0.2, -0.15) is 0 Å². The number of nitrogens with two attached hydrogens (primary N) is 1. The highest BCUT2D eigenvalue weighted by atomic mass is 16.2. The van der Waals surface area contributed by atoms with E-state index in [9.17, 15) is 9.59 Å². The summed E-state index contributed by atoms with van der Waals surface area (Å²) < 4.78 is 0. The highest BCUT2D eigenvalue weighted by molar-refractivity contribution is 5.86. The fourth-order valence-electron chi connectivity index (χ4n) is 1.53. The van der Waals surface area contributed by atoms with Crippen LogP contribution in [0.15, 0.2) is 12.2 Å². The molecule has 0 saturated heterocycles. The van der Waals surface area contributed by atoms with Crippen molar-refractivity contribution >= 4 is 11.8 Å². The van der Waals surface area contributed by atoms with Crippen molar-refractivity contribution in [1.29, 1.82) is 0 Å². The van der Waals surface area contributed by atoms with Gasteiger partial charge in [0.1, 0.15) is 0 Å². The molecule has 0 aromatic rings. The van der Waals surface area contributed by atoms with Crippen LogP contribution in [-0.4, -0.2) is 42.9 Å². The summed E-state index contributed by atoms with van der Waals surface area (Å²) in [5.41, 5.74) is 5.65. The lowest BCUT2D eigenvalue weighted by Crippen LogP contribution is -2.40. The second kappa shape index (κ2) is 5.65. The Balaban J connectivity index is 2.31. The molecule has 0 spiro atoms. The van der Waals surface area contributed by atoms with E-state index < -0.39 is 0 Å². The zero-order valence-corrected chi connectivity index (χ0v) is 9.77. The molecule has 16 heavy (non-hydrogen) atoms. The van der Waals surface area contributed by atoms with E-state index in [0.717, 1.165) is 0 Å². The van der Waals surface area contributed by atoms with Gasteiger partial charge in [-0.05, 0) is 13.3 Å². The number of carbonyl (C=O) groups excluding carboxylic acids is 2. The molecule has 0 saturated carbocycles. The summed E-state index contributed by atoms with van der Waals surface area (Å²) in [6.07, 6.45) is 4.25. The first kappa shape index (κ1) is 12.7. The minimum atomic E-state index is -0.185. The predicted molar refractivity (Wildman–Crippen MR) is 61.5 cm³/mol. The number of rotatable bonds is 4. The van der Waals surface area contributed by atoms with Crippen LogP contribution in [-0.2, 0) is 9.59 Å². The maximum Gasteiger partial charge on any atom is 0.241 e. The van der Waals surface area contributed by atoms with Crippen molar-refractivity contribution < 1.29 is 9.59 Å². The molecule has 90 valence electrons. The van der Waals surface area contributed by atoms with Gasteiger partial charge >= 0.3 is 0 Å². The zero-order valence-electron chi connectivity index (χ0n) is 9.77. The molecule has 1 aliphatic rings. The Morgan fingerprint density at radius 1 is 1.50 bits per heavy atom. The van der Waals surface area contributed by atoms with E-state index in [4.69, 9.17) is 5.73 Å². The summed E-state index contributed by atoms with van der Waals surface area (Å²) >= 11 is 0. The maximum atomic E-state index is 11.6. The van der Waals surface area contributed by atoms with Gasteiger partial charge in [-0.15, -0.1) is 0 Å². The number of amides is 2. The van der Waals surface area contributed by atoms with Crippen LogP contribution in [0.4, 0.5) is 0 Å². The molecule has 0 fully saturated rings. The van der Waals surface area contributed by atoms with E-state index in [1.807, 2.05) is 13.0 Å². The van der Waals surface area contributed by atoms with Gasteiger partial charge in [0.25, 0.3) is 0 Å². The summed E-state index contributed by atoms with van der Waals surface area (Å²) in [5.74, 6) is -0.390. The second-order valence-corrected chi connectivity index (χ2v) is 4.02. The van der Waals surface area contributed by atoms with Crippen molar-refractivity contribution in [2.45, 2.75) is 19.4 Å². The van der Waals surface area contributed by atoms with E-state index in [1.54, 1.807) is 18.0 Å². The third-order valence-electron chi connectivity index (χ3n) is 2.77. The van der Waals surface area contributed by atoms with Gasteiger partial charge in [0.2, 0.25) is 11.8 Å². The summed E-state index contributed by atoms with van der Waals surface area (Å²) in [7, 11) is 1.71. The number of likely N-dealkylation sites (N-methyl/N-ethyl adjacent to an activating group) is 1. The Labute approximate surface area is 95.7 Å². The first-order valence-electron chi connectivity index (χ1n) is 5.50. The summed E-state index contributed by atoms with van der Waals surface area (Å²) in [4.78, 5) is 24.6. The van der Waals surface area contributed by atoms with Gasteiger partial charge in [-0.3, -0.25) is 9.59 Å². The number of nitrogens with zero attached hydrogens (tertiary/aromatic N) is 1. The average Bonchev–Trinajstić information content (AvgIpc) is 2.71. The Bertz CT molecular complexity index is 302. The van der Waals surface area contributed by atoms with Gasteiger partial charge < -0.3 is 16.0 Å². The van der Waals surface area contributed by atoms with E-state index in [0.29, 0.717) is 13.0 Å². The molecule has 0 aliphatic heterocycles. The molecular formula is C11H19N3O2. The quantitative estimate of drug-likeness (QED) is 0.632. The lowest BCUT2D eigenvalue weighted by Gasteiger charge is -2.16. The second-order valence-electron chi connectivity index (χ2n) is 4.02. The molecule has 3 N–H and O–H groups in total. The van der Waals surface area contributed by atoms with Crippen molar-refractivity contribution in [2.75, 3.05) is 20.1 Å². The lowest BCUT2D eigenvalue weighted by molar-refractivity contribution is -0.132. The summed E-state index contributed by atoms with van der Waals surface area (Å²) in [6, 6.07) is -0.0373. The van der Waals surface area contributed by atoms with Gasteiger partial charge in [-0.25, -0.2) is 0 Å². The summed E-state index contributed by atoms with van der Waals surface area (Å²) in [5, 5.41) is 2.62. The molecule has 0 radical (unpaired) electrons. The van der Waals surface area contributed by atoms with Crippen molar-refractivity contribution in [3.8, 4) is 0 Å². The van der Waals surface area contributed by atoms with Gasteiger partial charge in [0.05, 0.1) is 12.5 Å². The molecule has 0 aromatic carbocycles. The predicted octanol–water partition coefficient (Wildman–Crippen LogP) is -0.516. The number of hydrogen-bond donors (Lipinski definition) is 2. The van der Waals surface area contributed by atoms with E-state index in [1.165, 1.54) is 0 Å². The SMILES string of the molecule is CCN(C)C(=O)CNC(=O)C1C=CC(N)C1. The van der Waals surface area contributed by atoms with Crippen LogP contribution >= 0.6 is 0 Å². The first-order chi connectivity index (χ1) is 7.54. The Morgan fingerprint density at radius 3 is 2.69 bits per heavy atom. The monoisotopic (exact) mass is 225 g/mol. The molecule has 2 unspecified atom stereocenters. The zero-order chi connectivity index (χ0) is 12.1. The van der Waals surface area contributed by atoms with Crippen LogP contribution in [0.1, 0.15) is 13.3 Å². The smallest absolute Gasteiger partial charge is 0.241 e. The molecule has 0 bridgehead atoms. The Hall–Kier alpha value is -1.36. The molecule has 5 heteroatoms. The van der Waals surface area contributed by atoms with E-state index >= 15 is 0 Å². The molecule has 5 nitrogen and oxygen atoms in total. The van der Waals surface area contributed by atoms with E-state index in [-0.39, 0.29) is 30.3 Å². The number of carbonyl (C=O) groups is 2. The van der Waals surface area contributed by atoms with Crippen molar-refractivity contribution in [3.63, 3.8) is 0 Å². The highest BCUT2D eigenvalue weighted by Gasteiger charge is 2.22. The molecule has 2 amide bonds. The average molecular weight is 225 g/mol. The van der Waals surface area contributed by atoms with Gasteiger partial charge in [0.15, 0.2) is 0 Å². The van der Waals surface area contributed by atoms with Crippen LogP contribution in [0.5, 0.6) is 0 Å². The van der Waals surface area contributed by atoms with Crippen molar-refractivity contribution in [2.24, 2.45) is 11.7 Å². The molecule has 1 rings (SSSR count). The molecule has 1 aliphatic carbocycles. The van der Waals surface area contributed by atoms with Gasteiger partial charge in [0, 0.05) is 19.6 Å². The van der Waals surface area contributed by atoms with Crippen LogP contribution in [0, 0.1) is 5.92 Å². The third kappa shape index (κ3) is 3.34. The minimum absolute atomic E-state index is 0.0373. The maximum absolute atomic E-state index is 11.6. The Morgan fingerprint density at radius 2 is 2.19 bits per heavy atom. The van der Waals surface area contributed by atoms with Gasteiger partial charge in [-0.1, -0.05) is 12.2 Å². The van der Waals surface area contributed by atoms with Crippen molar-refractivity contribution in [3.05, 3.63) is 12.2 Å². The lowest BCUT2D eigenvalue weighted by atomic mass is 10.1. The standard InChI is InChI=1S/C11H19N3O2/c1-3-14(2)10(15)7-13-11(16)8-4-5-9(12)6-8/h4-5,8-9H,3,6-7,12H2,1-2H3,(H,13,16). The fraction of sp³-hybridized carbons (Fsp3) is 0.636.